The average molecular weight is 296 g/mol. The summed E-state index contributed by atoms with van der Waals surface area (Å²) >= 11 is 0. The summed E-state index contributed by atoms with van der Waals surface area (Å²) in [5.41, 5.74) is 0. The van der Waals surface area contributed by atoms with Gasteiger partial charge in [0.05, 0.1) is 24.6 Å². The van der Waals surface area contributed by atoms with Crippen LogP contribution in [0.4, 0.5) is 0 Å². The van der Waals surface area contributed by atoms with Crippen molar-refractivity contribution in [3.05, 3.63) is 12.2 Å². The standard InChI is InChI=1S/C14H20N2O5/c1-3-4-8-5-9(14(20)21)16-11(19)6-10(18)12(13(8)16)15-7(2)17/h3-4,8-10,12-13,18H,5-6H2,1-2H3,(H,15,17)(H,20,21)/b4-3-/t8?,9?,10?,12?,13-/m1/s1. The molecule has 2 rings (SSSR count). The minimum Gasteiger partial charge on any atom is -0.480 e. The maximum atomic E-state index is 12.1. The summed E-state index contributed by atoms with van der Waals surface area (Å²) in [6, 6.07) is -2.08. The lowest BCUT2D eigenvalue weighted by molar-refractivity contribution is -0.155. The van der Waals surface area contributed by atoms with Crippen molar-refractivity contribution in [3.8, 4) is 0 Å². The van der Waals surface area contributed by atoms with Crippen molar-refractivity contribution in [2.45, 2.75) is 50.9 Å². The number of aliphatic hydroxyl groups excluding tert-OH is 1. The predicted molar refractivity (Wildman–Crippen MR) is 73.2 cm³/mol. The first kappa shape index (κ1) is 15.5. The molecule has 7 nitrogen and oxygen atoms in total. The van der Waals surface area contributed by atoms with Gasteiger partial charge in [0.15, 0.2) is 0 Å². The van der Waals surface area contributed by atoms with Crippen LogP contribution in [0.5, 0.6) is 0 Å². The number of nitrogens with one attached hydrogen (secondary N) is 1. The molecule has 2 aliphatic rings. The second kappa shape index (κ2) is 5.85. The van der Waals surface area contributed by atoms with Crippen molar-refractivity contribution in [2.24, 2.45) is 5.92 Å². The van der Waals surface area contributed by atoms with Gasteiger partial charge in [-0.05, 0) is 13.3 Å². The number of aliphatic hydroxyl groups is 1. The van der Waals surface area contributed by atoms with Crippen LogP contribution in [0.25, 0.3) is 0 Å². The number of amides is 2. The molecule has 2 aliphatic heterocycles. The molecule has 0 aromatic rings. The van der Waals surface area contributed by atoms with Crippen LogP contribution in [0.3, 0.4) is 0 Å². The topological polar surface area (TPSA) is 107 Å². The molecule has 3 N–H and O–H groups in total. The molecule has 0 radical (unpaired) electrons. The number of carbonyl (C=O) groups is 3. The van der Waals surface area contributed by atoms with E-state index in [-0.39, 0.29) is 24.2 Å². The van der Waals surface area contributed by atoms with E-state index in [1.165, 1.54) is 11.8 Å². The minimum absolute atomic E-state index is 0.173. The number of hydrogen-bond acceptors (Lipinski definition) is 4. The molecule has 7 heteroatoms. The summed E-state index contributed by atoms with van der Waals surface area (Å²) in [7, 11) is 0. The third-order valence-corrected chi connectivity index (χ3v) is 4.14. The zero-order chi connectivity index (χ0) is 15.7. The zero-order valence-electron chi connectivity index (χ0n) is 12.0. The van der Waals surface area contributed by atoms with Crippen molar-refractivity contribution in [1.29, 1.82) is 0 Å². The number of aliphatic carboxylic acids is 1. The highest BCUT2D eigenvalue weighted by atomic mass is 16.4. The van der Waals surface area contributed by atoms with Crippen LogP contribution in [-0.2, 0) is 14.4 Å². The monoisotopic (exact) mass is 296 g/mol. The molecule has 0 aliphatic carbocycles. The van der Waals surface area contributed by atoms with Gasteiger partial charge >= 0.3 is 5.97 Å². The van der Waals surface area contributed by atoms with E-state index < -0.39 is 30.2 Å². The van der Waals surface area contributed by atoms with E-state index in [2.05, 4.69) is 5.32 Å². The quantitative estimate of drug-likeness (QED) is 0.609. The van der Waals surface area contributed by atoms with Gasteiger partial charge in [0, 0.05) is 12.8 Å². The first-order valence-corrected chi connectivity index (χ1v) is 6.98. The number of hydrogen-bond donors (Lipinski definition) is 3. The number of carbonyl (C=O) groups excluding carboxylic acids is 2. The molecule has 116 valence electrons. The fraction of sp³-hybridized carbons (Fsp3) is 0.643. The van der Waals surface area contributed by atoms with Crippen LogP contribution in [0.2, 0.25) is 0 Å². The Morgan fingerprint density at radius 1 is 1.43 bits per heavy atom. The van der Waals surface area contributed by atoms with Gasteiger partial charge in [0.1, 0.15) is 6.04 Å². The lowest BCUT2D eigenvalue weighted by Crippen LogP contribution is -2.64. The van der Waals surface area contributed by atoms with E-state index in [0.29, 0.717) is 6.42 Å². The Morgan fingerprint density at radius 2 is 2.10 bits per heavy atom. The van der Waals surface area contributed by atoms with Crippen LogP contribution >= 0.6 is 0 Å². The van der Waals surface area contributed by atoms with Gasteiger partial charge in [-0.1, -0.05) is 12.2 Å². The number of fused-ring (bicyclic) bond motifs is 1. The molecule has 2 heterocycles. The van der Waals surface area contributed by atoms with Crippen molar-refractivity contribution in [3.63, 3.8) is 0 Å². The molecule has 0 bridgehead atoms. The molecule has 2 fully saturated rings. The van der Waals surface area contributed by atoms with Crippen LogP contribution in [0.1, 0.15) is 26.7 Å². The maximum absolute atomic E-state index is 12.1. The van der Waals surface area contributed by atoms with E-state index in [4.69, 9.17) is 0 Å². The number of piperidine rings is 1. The van der Waals surface area contributed by atoms with Gasteiger partial charge < -0.3 is 20.4 Å². The van der Waals surface area contributed by atoms with E-state index in [1.807, 2.05) is 13.0 Å². The molecule has 0 aromatic carbocycles. The molecule has 0 aromatic heterocycles. The number of allylic oxidation sites excluding steroid dienone is 1. The van der Waals surface area contributed by atoms with E-state index in [9.17, 15) is 24.6 Å². The predicted octanol–water partition coefficient (Wildman–Crippen LogP) is -0.498. The molecule has 2 amide bonds. The smallest absolute Gasteiger partial charge is 0.326 e. The molecule has 21 heavy (non-hydrogen) atoms. The second-order valence-electron chi connectivity index (χ2n) is 5.57. The highest BCUT2D eigenvalue weighted by molar-refractivity contribution is 5.86. The van der Waals surface area contributed by atoms with Crippen LogP contribution in [0.15, 0.2) is 12.2 Å². The Bertz CT molecular complexity index is 490. The Hall–Kier alpha value is -1.89. The second-order valence-corrected chi connectivity index (χ2v) is 5.57. The van der Waals surface area contributed by atoms with Crippen LogP contribution < -0.4 is 5.32 Å². The van der Waals surface area contributed by atoms with Gasteiger partial charge in [-0.2, -0.15) is 0 Å². The first-order valence-electron chi connectivity index (χ1n) is 6.98. The summed E-state index contributed by atoms with van der Waals surface area (Å²) in [6.45, 7) is 3.15. The SMILES string of the molecule is C/C=C\C1CC(C(=O)O)N2C(=O)CC(O)C(NC(C)=O)[C@@H]12. The summed E-state index contributed by atoms with van der Waals surface area (Å²) in [4.78, 5) is 36.2. The van der Waals surface area contributed by atoms with E-state index >= 15 is 0 Å². The van der Waals surface area contributed by atoms with Gasteiger partial charge in [-0.15, -0.1) is 0 Å². The molecule has 0 saturated carbocycles. The van der Waals surface area contributed by atoms with Gasteiger partial charge in [0.25, 0.3) is 0 Å². The third-order valence-electron chi connectivity index (χ3n) is 4.14. The lowest BCUT2D eigenvalue weighted by atomic mass is 9.86. The van der Waals surface area contributed by atoms with E-state index in [0.717, 1.165) is 0 Å². The molecule has 5 atom stereocenters. The Morgan fingerprint density at radius 3 is 2.62 bits per heavy atom. The minimum atomic E-state index is -1.06. The van der Waals surface area contributed by atoms with Crippen molar-refractivity contribution < 1.29 is 24.6 Å². The summed E-state index contributed by atoms with van der Waals surface area (Å²) in [5.74, 6) is -1.95. The van der Waals surface area contributed by atoms with E-state index in [1.54, 1.807) is 6.08 Å². The fourth-order valence-corrected chi connectivity index (χ4v) is 3.42. The summed E-state index contributed by atoms with van der Waals surface area (Å²) in [5, 5.41) is 22.1. The molecule has 4 unspecified atom stereocenters. The molecule has 0 spiro atoms. The van der Waals surface area contributed by atoms with Crippen molar-refractivity contribution in [2.75, 3.05) is 0 Å². The largest absolute Gasteiger partial charge is 0.480 e. The molecule has 2 saturated heterocycles. The highest BCUT2D eigenvalue weighted by Crippen LogP contribution is 2.38. The van der Waals surface area contributed by atoms with Crippen molar-refractivity contribution >= 4 is 17.8 Å². The number of rotatable bonds is 3. The van der Waals surface area contributed by atoms with Gasteiger partial charge in [-0.25, -0.2) is 4.79 Å². The normalized spacial score (nSPS) is 35.9. The number of carboxylic acid groups (broad SMARTS) is 1. The lowest BCUT2D eigenvalue weighted by Gasteiger charge is -2.42. The fourth-order valence-electron chi connectivity index (χ4n) is 3.42. The van der Waals surface area contributed by atoms with Crippen molar-refractivity contribution in [1.82, 2.24) is 10.2 Å². The third kappa shape index (κ3) is 2.78. The average Bonchev–Trinajstić information content (AvgIpc) is 2.75. The molecular weight excluding hydrogens is 276 g/mol. The Balaban J connectivity index is 2.39. The summed E-state index contributed by atoms with van der Waals surface area (Å²) in [6.07, 6.45) is 2.75. The number of nitrogens with zero attached hydrogens (tertiary/aromatic N) is 1. The zero-order valence-corrected chi connectivity index (χ0v) is 12.0. The first-order chi connectivity index (χ1) is 9.86. The highest BCUT2D eigenvalue weighted by Gasteiger charge is 2.54. The van der Waals surface area contributed by atoms with Gasteiger partial charge in [-0.3, -0.25) is 9.59 Å². The Labute approximate surface area is 122 Å². The molecular formula is C14H20N2O5. The van der Waals surface area contributed by atoms with Crippen LogP contribution in [0, 0.1) is 5.92 Å². The maximum Gasteiger partial charge on any atom is 0.326 e. The van der Waals surface area contributed by atoms with Gasteiger partial charge in [0.2, 0.25) is 11.8 Å². The summed E-state index contributed by atoms with van der Waals surface area (Å²) < 4.78 is 0. The number of carboxylic acids is 1. The van der Waals surface area contributed by atoms with Crippen LogP contribution in [-0.4, -0.2) is 57.1 Å². The Kier molecular flexibility index (Phi) is 4.32.